The molecule has 0 saturated heterocycles. The smallest absolute Gasteiger partial charge is 0.338 e. The number of hydrogen-bond donors (Lipinski definition) is 1. The Balaban J connectivity index is 2.04. The van der Waals surface area contributed by atoms with Crippen LogP contribution in [0.1, 0.15) is 10.4 Å². The molecule has 0 aromatic heterocycles. The Hall–Kier alpha value is -3.36. The molecule has 144 valence electrons. The van der Waals surface area contributed by atoms with E-state index in [1.807, 2.05) is 0 Å². The van der Waals surface area contributed by atoms with Gasteiger partial charge in [-0.3, -0.25) is 4.79 Å². The van der Waals surface area contributed by atoms with Crippen LogP contribution in [-0.4, -0.2) is 39.8 Å². The maximum atomic E-state index is 13.1. The highest BCUT2D eigenvalue weighted by Gasteiger charge is 2.16. The van der Waals surface area contributed by atoms with Crippen LogP contribution in [0.5, 0.6) is 17.2 Å². The number of ether oxygens (including phenoxy) is 4. The Morgan fingerprint density at radius 1 is 0.889 bits per heavy atom. The van der Waals surface area contributed by atoms with Gasteiger partial charge in [0, 0.05) is 23.9 Å². The summed E-state index contributed by atoms with van der Waals surface area (Å²) in [6, 6.07) is 5.21. The molecule has 7 nitrogen and oxygen atoms in total. The van der Waals surface area contributed by atoms with E-state index in [1.165, 1.54) is 33.5 Å². The molecule has 9 heteroatoms. The van der Waals surface area contributed by atoms with Crippen LogP contribution in [0, 0.1) is 11.6 Å². The second kappa shape index (κ2) is 8.84. The van der Waals surface area contributed by atoms with Crippen molar-refractivity contribution in [3.05, 3.63) is 47.5 Å². The van der Waals surface area contributed by atoms with Crippen LogP contribution in [0.25, 0.3) is 0 Å². The molecule has 2 aromatic carbocycles. The van der Waals surface area contributed by atoms with Crippen molar-refractivity contribution in [3.8, 4) is 17.2 Å². The van der Waals surface area contributed by atoms with Crippen LogP contribution >= 0.6 is 0 Å². The van der Waals surface area contributed by atoms with Crippen molar-refractivity contribution in [3.63, 3.8) is 0 Å². The Morgan fingerprint density at radius 3 is 1.93 bits per heavy atom. The zero-order chi connectivity index (χ0) is 20.0. The van der Waals surface area contributed by atoms with Crippen molar-refractivity contribution in [1.29, 1.82) is 0 Å². The number of rotatable bonds is 7. The van der Waals surface area contributed by atoms with Crippen LogP contribution in [0.2, 0.25) is 0 Å². The third-order valence-corrected chi connectivity index (χ3v) is 3.38. The molecular weight excluding hydrogens is 364 g/mol. The lowest BCUT2D eigenvalue weighted by Gasteiger charge is -2.14. The van der Waals surface area contributed by atoms with Gasteiger partial charge in [0.05, 0.1) is 26.9 Å². The van der Waals surface area contributed by atoms with E-state index in [9.17, 15) is 18.4 Å². The van der Waals surface area contributed by atoms with E-state index in [2.05, 4.69) is 5.32 Å². The minimum Gasteiger partial charge on any atom is -0.493 e. The summed E-state index contributed by atoms with van der Waals surface area (Å²) < 4.78 is 46.5. The summed E-state index contributed by atoms with van der Waals surface area (Å²) in [5.74, 6) is -2.58. The number of carbonyl (C=O) groups excluding carboxylic acids is 2. The number of carbonyl (C=O) groups is 2. The number of hydrogen-bond acceptors (Lipinski definition) is 6. The first-order chi connectivity index (χ1) is 12.9. The number of nitrogens with one attached hydrogen (secondary N) is 1. The summed E-state index contributed by atoms with van der Waals surface area (Å²) in [5, 5.41) is 2.49. The minimum absolute atomic E-state index is 0.308. The SMILES string of the molecule is COc1cc(NC(=O)COC(=O)c2cc(F)cc(F)c2)cc(OC)c1OC. The molecule has 0 aliphatic heterocycles. The molecule has 1 N–H and O–H groups in total. The molecule has 0 unspecified atom stereocenters. The van der Waals surface area contributed by atoms with Crippen LogP contribution in [0.3, 0.4) is 0 Å². The van der Waals surface area contributed by atoms with Crippen LogP contribution in [-0.2, 0) is 9.53 Å². The topological polar surface area (TPSA) is 83.1 Å². The third kappa shape index (κ3) is 5.06. The molecule has 27 heavy (non-hydrogen) atoms. The highest BCUT2D eigenvalue weighted by atomic mass is 19.1. The number of halogens is 2. The van der Waals surface area contributed by atoms with Crippen LogP contribution < -0.4 is 19.5 Å². The fourth-order valence-electron chi connectivity index (χ4n) is 2.24. The highest BCUT2D eigenvalue weighted by molar-refractivity contribution is 5.95. The maximum Gasteiger partial charge on any atom is 0.338 e. The third-order valence-electron chi connectivity index (χ3n) is 3.38. The molecule has 0 aliphatic rings. The fourth-order valence-corrected chi connectivity index (χ4v) is 2.24. The van der Waals surface area contributed by atoms with Crippen LogP contribution in [0.4, 0.5) is 14.5 Å². The number of methoxy groups -OCH3 is 3. The summed E-state index contributed by atoms with van der Waals surface area (Å²) in [4.78, 5) is 23.8. The summed E-state index contributed by atoms with van der Waals surface area (Å²) in [5.41, 5.74) is -0.0320. The summed E-state index contributed by atoms with van der Waals surface area (Å²) in [6.45, 7) is -0.659. The van der Waals surface area contributed by atoms with Gasteiger partial charge in [-0.2, -0.15) is 0 Å². The monoisotopic (exact) mass is 381 g/mol. The van der Waals surface area contributed by atoms with Gasteiger partial charge in [0.15, 0.2) is 18.1 Å². The normalized spacial score (nSPS) is 10.1. The average Bonchev–Trinajstić information content (AvgIpc) is 2.64. The summed E-state index contributed by atoms with van der Waals surface area (Å²) in [6.07, 6.45) is 0. The molecule has 2 rings (SSSR count). The molecule has 0 aliphatic carbocycles. The molecule has 0 radical (unpaired) electrons. The van der Waals surface area contributed by atoms with Gasteiger partial charge in [-0.1, -0.05) is 0 Å². The molecular formula is C18H17F2NO6. The number of esters is 1. The lowest BCUT2D eigenvalue weighted by atomic mass is 10.2. The van der Waals surface area contributed by atoms with Crippen molar-refractivity contribution < 1.29 is 37.3 Å². The first-order valence-electron chi connectivity index (χ1n) is 7.61. The van der Waals surface area contributed by atoms with Gasteiger partial charge >= 0.3 is 5.97 Å². The van der Waals surface area contributed by atoms with Crippen molar-refractivity contribution in [2.24, 2.45) is 0 Å². The lowest BCUT2D eigenvalue weighted by Crippen LogP contribution is -2.21. The second-order valence-corrected chi connectivity index (χ2v) is 5.20. The highest BCUT2D eigenvalue weighted by Crippen LogP contribution is 2.39. The zero-order valence-electron chi connectivity index (χ0n) is 14.8. The first kappa shape index (κ1) is 20.0. The van der Waals surface area contributed by atoms with Crippen molar-refractivity contribution in [2.75, 3.05) is 33.3 Å². The Labute approximate surface area is 153 Å². The molecule has 0 saturated carbocycles. The predicted molar refractivity (Wildman–Crippen MR) is 91.4 cm³/mol. The van der Waals surface area contributed by atoms with E-state index in [0.717, 1.165) is 12.1 Å². The maximum absolute atomic E-state index is 13.1. The van der Waals surface area contributed by atoms with E-state index in [0.29, 0.717) is 29.0 Å². The van der Waals surface area contributed by atoms with E-state index < -0.39 is 30.1 Å². The van der Waals surface area contributed by atoms with Crippen molar-refractivity contribution in [2.45, 2.75) is 0 Å². The second-order valence-electron chi connectivity index (χ2n) is 5.20. The van der Waals surface area contributed by atoms with Gasteiger partial charge in [0.25, 0.3) is 5.91 Å². The molecule has 0 spiro atoms. The Bertz CT molecular complexity index is 810. The lowest BCUT2D eigenvalue weighted by molar-refractivity contribution is -0.119. The van der Waals surface area contributed by atoms with Gasteiger partial charge in [-0.25, -0.2) is 13.6 Å². The minimum atomic E-state index is -1.03. The molecule has 0 fully saturated rings. The molecule has 2 aromatic rings. The van der Waals surface area contributed by atoms with Gasteiger partial charge in [-0.05, 0) is 12.1 Å². The van der Waals surface area contributed by atoms with E-state index >= 15 is 0 Å². The summed E-state index contributed by atoms with van der Waals surface area (Å²) >= 11 is 0. The molecule has 0 heterocycles. The molecule has 1 amide bonds. The number of amides is 1. The quantitative estimate of drug-likeness (QED) is 0.743. The summed E-state index contributed by atoms with van der Waals surface area (Å²) in [7, 11) is 4.28. The first-order valence-corrected chi connectivity index (χ1v) is 7.61. The Kier molecular flexibility index (Phi) is 6.53. The number of anilines is 1. The standard InChI is InChI=1S/C18H17F2NO6/c1-24-14-7-13(8-15(25-2)17(14)26-3)21-16(22)9-27-18(23)10-4-11(19)6-12(20)5-10/h4-8H,9H2,1-3H3,(H,21,22). The zero-order valence-corrected chi connectivity index (χ0v) is 14.8. The molecule has 0 bridgehead atoms. The van der Waals surface area contributed by atoms with E-state index in [1.54, 1.807) is 0 Å². The van der Waals surface area contributed by atoms with Gasteiger partial charge in [0.2, 0.25) is 5.75 Å². The van der Waals surface area contributed by atoms with E-state index in [4.69, 9.17) is 18.9 Å². The molecule has 0 atom stereocenters. The Morgan fingerprint density at radius 2 is 1.44 bits per heavy atom. The van der Waals surface area contributed by atoms with Crippen molar-refractivity contribution >= 4 is 17.6 Å². The van der Waals surface area contributed by atoms with Crippen LogP contribution in [0.15, 0.2) is 30.3 Å². The average molecular weight is 381 g/mol. The van der Waals surface area contributed by atoms with Gasteiger partial charge in [-0.15, -0.1) is 0 Å². The van der Waals surface area contributed by atoms with Crippen molar-refractivity contribution in [1.82, 2.24) is 0 Å². The largest absolute Gasteiger partial charge is 0.493 e. The van der Waals surface area contributed by atoms with E-state index in [-0.39, 0.29) is 5.56 Å². The predicted octanol–water partition coefficient (Wildman–Crippen LogP) is 2.79. The number of benzene rings is 2. The fraction of sp³-hybridized carbons (Fsp3) is 0.222. The van der Waals surface area contributed by atoms with Gasteiger partial charge < -0.3 is 24.3 Å². The van der Waals surface area contributed by atoms with Gasteiger partial charge in [0.1, 0.15) is 11.6 Å².